The van der Waals surface area contributed by atoms with Gasteiger partial charge in [0.2, 0.25) is 11.8 Å². The maximum absolute atomic E-state index is 13.1. The molecule has 2 aliphatic heterocycles. The molecular weight excluding hydrogens is 410 g/mol. The van der Waals surface area contributed by atoms with Gasteiger partial charge in [-0.15, -0.1) is 11.3 Å². The normalized spacial score (nSPS) is 21.4. The lowest BCUT2D eigenvalue weighted by atomic mass is 9.94. The van der Waals surface area contributed by atoms with Crippen molar-refractivity contribution in [1.29, 1.82) is 0 Å². The number of sulfonamides is 1. The summed E-state index contributed by atoms with van der Waals surface area (Å²) in [7, 11) is -1.78. The third-order valence-electron chi connectivity index (χ3n) is 5.93. The zero-order valence-electron chi connectivity index (χ0n) is 17.2. The standard InChI is InChI=1S/C20H31N3O4S2/c1-3-4-11-21(2)19(24)16-9-13-22(14-10-16)20(25)17-7-5-12-23(17)29(26,27)18-8-6-15-28-18/h6,8,15-17H,3-5,7,9-14H2,1-2H3. The number of rotatable bonds is 7. The summed E-state index contributed by atoms with van der Waals surface area (Å²) in [5.74, 6) is -0.00313. The number of amides is 2. The van der Waals surface area contributed by atoms with Gasteiger partial charge in [-0.2, -0.15) is 4.31 Å². The molecule has 2 fully saturated rings. The van der Waals surface area contributed by atoms with Gasteiger partial charge in [-0.1, -0.05) is 19.4 Å². The molecular formula is C20H31N3O4S2. The monoisotopic (exact) mass is 441 g/mol. The summed E-state index contributed by atoms with van der Waals surface area (Å²) in [6.07, 6.45) is 4.59. The summed E-state index contributed by atoms with van der Waals surface area (Å²) < 4.78 is 27.5. The van der Waals surface area contributed by atoms with E-state index in [4.69, 9.17) is 0 Å². The SMILES string of the molecule is CCCCN(C)C(=O)C1CCN(C(=O)C2CCCN2S(=O)(=O)c2cccs2)CC1. The first-order valence-corrected chi connectivity index (χ1v) is 12.8. The molecule has 7 nitrogen and oxygen atoms in total. The summed E-state index contributed by atoms with van der Waals surface area (Å²) in [5, 5.41) is 1.74. The Morgan fingerprint density at radius 2 is 1.93 bits per heavy atom. The number of carbonyl (C=O) groups excluding carboxylic acids is 2. The summed E-state index contributed by atoms with van der Waals surface area (Å²) in [6, 6.07) is 2.68. The van der Waals surface area contributed by atoms with Crippen molar-refractivity contribution in [3.63, 3.8) is 0 Å². The Balaban J connectivity index is 1.60. The molecule has 3 heterocycles. The predicted molar refractivity (Wildman–Crippen MR) is 113 cm³/mol. The highest BCUT2D eigenvalue weighted by Gasteiger charge is 2.42. The highest BCUT2D eigenvalue weighted by molar-refractivity contribution is 7.91. The number of hydrogen-bond acceptors (Lipinski definition) is 5. The molecule has 29 heavy (non-hydrogen) atoms. The lowest BCUT2D eigenvalue weighted by Crippen LogP contribution is -2.51. The van der Waals surface area contributed by atoms with Crippen LogP contribution in [0.5, 0.6) is 0 Å². The number of unbranched alkanes of at least 4 members (excludes halogenated alkanes) is 1. The van der Waals surface area contributed by atoms with Crippen LogP contribution in [-0.4, -0.2) is 73.6 Å². The van der Waals surface area contributed by atoms with Crippen LogP contribution in [0.2, 0.25) is 0 Å². The van der Waals surface area contributed by atoms with Crippen molar-refractivity contribution in [2.45, 2.75) is 55.7 Å². The van der Waals surface area contributed by atoms with Crippen LogP contribution in [0.3, 0.4) is 0 Å². The van der Waals surface area contributed by atoms with Crippen molar-refractivity contribution in [3.05, 3.63) is 17.5 Å². The number of hydrogen-bond donors (Lipinski definition) is 0. The lowest BCUT2D eigenvalue weighted by Gasteiger charge is -2.35. The van der Waals surface area contributed by atoms with Crippen molar-refractivity contribution in [2.24, 2.45) is 5.92 Å². The van der Waals surface area contributed by atoms with E-state index in [1.807, 2.05) is 7.05 Å². The maximum atomic E-state index is 13.1. The fourth-order valence-electron chi connectivity index (χ4n) is 4.18. The lowest BCUT2D eigenvalue weighted by molar-refractivity contribution is -0.141. The molecule has 0 aromatic carbocycles. The van der Waals surface area contributed by atoms with Crippen molar-refractivity contribution in [2.75, 3.05) is 33.2 Å². The smallest absolute Gasteiger partial charge is 0.253 e. The Labute approximate surface area is 177 Å². The van der Waals surface area contributed by atoms with Gasteiger partial charge < -0.3 is 9.80 Å². The Morgan fingerprint density at radius 1 is 1.21 bits per heavy atom. The zero-order chi connectivity index (χ0) is 21.0. The van der Waals surface area contributed by atoms with Gasteiger partial charge in [0.25, 0.3) is 10.0 Å². The summed E-state index contributed by atoms with van der Waals surface area (Å²) in [4.78, 5) is 29.3. The van der Waals surface area contributed by atoms with E-state index in [2.05, 4.69) is 6.92 Å². The molecule has 0 aliphatic carbocycles. The topological polar surface area (TPSA) is 78.0 Å². The van der Waals surface area contributed by atoms with Gasteiger partial charge in [-0.05, 0) is 43.6 Å². The molecule has 2 amide bonds. The Hall–Kier alpha value is -1.45. The minimum Gasteiger partial charge on any atom is -0.346 e. The quantitative estimate of drug-likeness (QED) is 0.651. The van der Waals surface area contributed by atoms with Crippen LogP contribution < -0.4 is 0 Å². The van der Waals surface area contributed by atoms with Crippen LogP contribution in [0.15, 0.2) is 21.7 Å². The predicted octanol–water partition coefficient (Wildman–Crippen LogP) is 2.40. The molecule has 1 aromatic rings. The Kier molecular flexibility index (Phi) is 7.34. The molecule has 1 unspecified atom stereocenters. The van der Waals surface area contributed by atoms with Crippen molar-refractivity contribution >= 4 is 33.2 Å². The minimum absolute atomic E-state index is 0.0459. The van der Waals surface area contributed by atoms with E-state index in [0.29, 0.717) is 45.3 Å². The average Bonchev–Trinajstić information content (AvgIpc) is 3.43. The second-order valence-electron chi connectivity index (χ2n) is 7.92. The number of nitrogens with zero attached hydrogens (tertiary/aromatic N) is 3. The maximum Gasteiger partial charge on any atom is 0.253 e. The van der Waals surface area contributed by atoms with Crippen LogP contribution >= 0.6 is 11.3 Å². The first-order chi connectivity index (χ1) is 13.9. The molecule has 1 atom stereocenters. The van der Waals surface area contributed by atoms with Crippen molar-refractivity contribution in [3.8, 4) is 0 Å². The van der Waals surface area contributed by atoms with E-state index in [-0.39, 0.29) is 21.9 Å². The van der Waals surface area contributed by atoms with Crippen LogP contribution in [0, 0.1) is 5.92 Å². The molecule has 0 bridgehead atoms. The van der Waals surface area contributed by atoms with Crippen LogP contribution in [0.1, 0.15) is 45.4 Å². The number of carbonyl (C=O) groups is 2. The molecule has 1 aromatic heterocycles. The van der Waals surface area contributed by atoms with Crippen LogP contribution in [-0.2, 0) is 19.6 Å². The van der Waals surface area contributed by atoms with E-state index in [9.17, 15) is 18.0 Å². The van der Waals surface area contributed by atoms with Gasteiger partial charge in [0.1, 0.15) is 10.3 Å². The fraction of sp³-hybridized carbons (Fsp3) is 0.700. The molecule has 0 spiro atoms. The van der Waals surface area contributed by atoms with Gasteiger partial charge >= 0.3 is 0 Å². The van der Waals surface area contributed by atoms with E-state index >= 15 is 0 Å². The Bertz CT molecular complexity index is 802. The van der Waals surface area contributed by atoms with Gasteiger partial charge in [0.05, 0.1) is 0 Å². The summed E-state index contributed by atoms with van der Waals surface area (Å²) in [6.45, 7) is 4.29. The highest BCUT2D eigenvalue weighted by atomic mass is 32.2. The van der Waals surface area contributed by atoms with Crippen molar-refractivity contribution < 1.29 is 18.0 Å². The molecule has 0 saturated carbocycles. The molecule has 0 N–H and O–H groups in total. The minimum atomic E-state index is -3.63. The highest BCUT2D eigenvalue weighted by Crippen LogP contribution is 2.30. The molecule has 9 heteroatoms. The van der Waals surface area contributed by atoms with E-state index < -0.39 is 16.1 Å². The molecule has 0 radical (unpaired) electrons. The van der Waals surface area contributed by atoms with Gasteiger partial charge in [-0.3, -0.25) is 9.59 Å². The number of likely N-dealkylation sites (tertiary alicyclic amines) is 1. The number of piperidine rings is 1. The Morgan fingerprint density at radius 3 is 2.55 bits per heavy atom. The van der Waals surface area contributed by atoms with Crippen LogP contribution in [0.25, 0.3) is 0 Å². The van der Waals surface area contributed by atoms with Gasteiger partial charge in [0.15, 0.2) is 0 Å². The first kappa shape index (κ1) is 22.2. The largest absolute Gasteiger partial charge is 0.346 e. The molecule has 2 aliphatic rings. The molecule has 2 saturated heterocycles. The van der Waals surface area contributed by atoms with E-state index in [1.165, 1.54) is 15.6 Å². The number of thiophene rings is 1. The van der Waals surface area contributed by atoms with Crippen LogP contribution in [0.4, 0.5) is 0 Å². The van der Waals surface area contributed by atoms with Gasteiger partial charge in [-0.25, -0.2) is 8.42 Å². The van der Waals surface area contributed by atoms with E-state index in [1.54, 1.807) is 27.3 Å². The van der Waals surface area contributed by atoms with E-state index in [0.717, 1.165) is 19.4 Å². The second kappa shape index (κ2) is 9.57. The second-order valence-corrected chi connectivity index (χ2v) is 11.0. The summed E-state index contributed by atoms with van der Waals surface area (Å²) in [5.41, 5.74) is 0. The first-order valence-electron chi connectivity index (χ1n) is 10.5. The van der Waals surface area contributed by atoms with Gasteiger partial charge in [0, 0.05) is 39.1 Å². The molecule has 3 rings (SSSR count). The summed E-state index contributed by atoms with van der Waals surface area (Å²) >= 11 is 1.18. The zero-order valence-corrected chi connectivity index (χ0v) is 18.9. The third-order valence-corrected chi connectivity index (χ3v) is 9.21. The molecule has 162 valence electrons. The average molecular weight is 442 g/mol. The fourth-order valence-corrected chi connectivity index (χ4v) is 6.95. The third kappa shape index (κ3) is 4.83. The van der Waals surface area contributed by atoms with Crippen molar-refractivity contribution in [1.82, 2.24) is 14.1 Å².